The highest BCUT2D eigenvalue weighted by Gasteiger charge is 2.19. The van der Waals surface area contributed by atoms with Crippen molar-refractivity contribution in [3.63, 3.8) is 0 Å². The van der Waals surface area contributed by atoms with Crippen LogP contribution in [0.3, 0.4) is 0 Å². The van der Waals surface area contributed by atoms with Gasteiger partial charge in [-0.25, -0.2) is 0 Å². The van der Waals surface area contributed by atoms with Gasteiger partial charge in [-0.15, -0.1) is 11.3 Å². The molecule has 0 aliphatic rings. The lowest BCUT2D eigenvalue weighted by Gasteiger charge is -2.04. The van der Waals surface area contributed by atoms with Crippen LogP contribution in [0.15, 0.2) is 40.5 Å². The van der Waals surface area contributed by atoms with Gasteiger partial charge in [0.15, 0.2) is 10.7 Å². The molecule has 0 spiro atoms. The summed E-state index contributed by atoms with van der Waals surface area (Å²) in [6.45, 7) is 1.24. The molecule has 0 radical (unpaired) electrons. The van der Waals surface area contributed by atoms with Gasteiger partial charge in [-0.05, 0) is 12.5 Å². The van der Waals surface area contributed by atoms with E-state index in [1.807, 2.05) is 30.3 Å². The smallest absolute Gasteiger partial charge is 0.273 e. The number of benzene rings is 1. The number of carbonyl (C=O) groups is 1. The topological polar surface area (TPSA) is 71.7 Å². The zero-order valence-electron chi connectivity index (χ0n) is 10.5. The quantitative estimate of drug-likeness (QED) is 0.734. The Labute approximate surface area is 117 Å². The maximum atomic E-state index is 12.4. The second kappa shape index (κ2) is 4.57. The molecule has 3 aromatic rings. The van der Waals surface area contributed by atoms with Gasteiger partial charge >= 0.3 is 0 Å². The van der Waals surface area contributed by atoms with E-state index in [2.05, 4.69) is 4.98 Å². The first-order valence-corrected chi connectivity index (χ1v) is 6.77. The van der Waals surface area contributed by atoms with Crippen LogP contribution in [0.2, 0.25) is 0 Å². The molecule has 6 heteroatoms. The summed E-state index contributed by atoms with van der Waals surface area (Å²) in [5, 5.41) is 11.5. The fourth-order valence-electron chi connectivity index (χ4n) is 2.06. The Morgan fingerprint density at radius 1 is 1.30 bits per heavy atom. The minimum absolute atomic E-state index is 0.280. The maximum absolute atomic E-state index is 12.4. The van der Waals surface area contributed by atoms with Crippen molar-refractivity contribution in [2.45, 2.75) is 6.92 Å². The molecule has 0 fully saturated rings. The molecule has 3 rings (SSSR count). The second-order valence-corrected chi connectivity index (χ2v) is 5.11. The van der Waals surface area contributed by atoms with E-state index in [9.17, 15) is 14.7 Å². The average Bonchev–Trinajstić information content (AvgIpc) is 2.83. The minimum Gasteiger partial charge on any atom is -0.493 e. The van der Waals surface area contributed by atoms with Gasteiger partial charge in [0.2, 0.25) is 5.88 Å². The molecule has 0 amide bonds. The first kappa shape index (κ1) is 12.6. The van der Waals surface area contributed by atoms with E-state index in [0.717, 1.165) is 5.56 Å². The lowest BCUT2D eigenvalue weighted by Crippen LogP contribution is -2.21. The molecule has 5 nitrogen and oxygen atoms in total. The summed E-state index contributed by atoms with van der Waals surface area (Å²) in [5.74, 6) is -1.01. The molecule has 1 N–H and O–H groups in total. The van der Waals surface area contributed by atoms with Crippen molar-refractivity contribution < 1.29 is 9.90 Å². The van der Waals surface area contributed by atoms with Crippen molar-refractivity contribution in [3.8, 4) is 17.1 Å². The summed E-state index contributed by atoms with van der Waals surface area (Å²) in [6.07, 6.45) is 0. The molecular weight excluding hydrogens is 276 g/mol. The number of rotatable bonds is 2. The number of aromatic hydroxyl groups is 1. The summed E-state index contributed by atoms with van der Waals surface area (Å²) in [5.41, 5.74) is 0.687. The van der Waals surface area contributed by atoms with E-state index in [4.69, 9.17) is 0 Å². The maximum Gasteiger partial charge on any atom is 0.273 e. The summed E-state index contributed by atoms with van der Waals surface area (Å²) in [7, 11) is 0. The van der Waals surface area contributed by atoms with Crippen LogP contribution in [0.5, 0.6) is 5.88 Å². The molecule has 100 valence electrons. The molecule has 2 heterocycles. The Kier molecular flexibility index (Phi) is 2.87. The van der Waals surface area contributed by atoms with Crippen LogP contribution < -0.4 is 5.56 Å². The number of aromatic nitrogens is 2. The highest BCUT2D eigenvalue weighted by molar-refractivity contribution is 7.15. The number of ketones is 1. The van der Waals surface area contributed by atoms with Crippen LogP contribution in [0.1, 0.15) is 17.3 Å². The molecule has 0 atom stereocenters. The minimum atomic E-state index is -0.542. The summed E-state index contributed by atoms with van der Waals surface area (Å²) < 4.78 is 1.36. The average molecular weight is 286 g/mol. The Morgan fingerprint density at radius 2 is 2.00 bits per heavy atom. The van der Waals surface area contributed by atoms with Crippen LogP contribution in [-0.4, -0.2) is 20.3 Å². The van der Waals surface area contributed by atoms with Gasteiger partial charge in [-0.3, -0.25) is 14.0 Å². The third-order valence-corrected chi connectivity index (χ3v) is 3.80. The van der Waals surface area contributed by atoms with Gasteiger partial charge in [-0.1, -0.05) is 30.3 Å². The Bertz CT molecular complexity index is 865. The normalized spacial score (nSPS) is 10.8. The van der Waals surface area contributed by atoms with Gasteiger partial charge in [-0.2, -0.15) is 4.98 Å². The molecule has 0 unspecified atom stereocenters. The van der Waals surface area contributed by atoms with Crippen LogP contribution in [-0.2, 0) is 0 Å². The van der Waals surface area contributed by atoms with Gasteiger partial charge in [0.25, 0.3) is 5.56 Å². The van der Waals surface area contributed by atoms with Crippen LogP contribution in [0, 0.1) is 0 Å². The van der Waals surface area contributed by atoms with Crippen molar-refractivity contribution in [3.05, 3.63) is 51.6 Å². The third-order valence-electron chi connectivity index (χ3n) is 2.97. The molecule has 0 saturated carbocycles. The van der Waals surface area contributed by atoms with Crippen LogP contribution in [0.4, 0.5) is 0 Å². The lowest BCUT2D eigenvalue weighted by molar-refractivity contribution is 0.101. The Balaban J connectivity index is 2.41. The van der Waals surface area contributed by atoms with E-state index in [-0.39, 0.29) is 5.56 Å². The van der Waals surface area contributed by atoms with Crippen molar-refractivity contribution in [2.24, 2.45) is 0 Å². The van der Waals surface area contributed by atoms with Crippen molar-refractivity contribution >= 4 is 22.1 Å². The Hall–Kier alpha value is -2.47. The standard InChI is InChI=1S/C14H10N2O3S/c1-8(17)11-12(18)15-14-16(13(11)19)10(7-20-14)9-5-3-2-4-6-9/h2-7,18H,1H3. The lowest BCUT2D eigenvalue weighted by atomic mass is 10.1. The van der Waals surface area contributed by atoms with Gasteiger partial charge in [0, 0.05) is 5.38 Å². The molecule has 20 heavy (non-hydrogen) atoms. The predicted octanol–water partition coefficient (Wildman–Crippen LogP) is 2.33. The molecular formula is C14H10N2O3S. The van der Waals surface area contributed by atoms with Gasteiger partial charge in [0.1, 0.15) is 5.56 Å². The number of nitrogens with zero attached hydrogens (tertiary/aromatic N) is 2. The SMILES string of the molecule is CC(=O)c1c(O)nc2scc(-c3ccccc3)n2c1=O. The number of fused-ring (bicyclic) bond motifs is 1. The fourth-order valence-corrected chi connectivity index (χ4v) is 2.94. The summed E-state index contributed by atoms with van der Waals surface area (Å²) >= 11 is 1.24. The number of hydrogen-bond acceptors (Lipinski definition) is 5. The highest BCUT2D eigenvalue weighted by atomic mass is 32.1. The first-order valence-electron chi connectivity index (χ1n) is 5.89. The fraction of sp³-hybridized carbons (Fsp3) is 0.0714. The number of Topliss-reactive ketones (excluding diaryl/α,β-unsaturated/α-hetero) is 1. The van der Waals surface area contributed by atoms with Crippen molar-refractivity contribution in [1.29, 1.82) is 0 Å². The number of carbonyl (C=O) groups excluding carboxylic acids is 1. The van der Waals surface area contributed by atoms with Crippen molar-refractivity contribution in [1.82, 2.24) is 9.38 Å². The largest absolute Gasteiger partial charge is 0.493 e. The molecule has 0 aliphatic carbocycles. The summed E-state index contributed by atoms with van der Waals surface area (Å²) in [6, 6.07) is 9.35. The molecule has 0 saturated heterocycles. The molecule has 0 bridgehead atoms. The Morgan fingerprint density at radius 3 is 2.65 bits per heavy atom. The summed E-state index contributed by atoms with van der Waals surface area (Å²) in [4.78, 5) is 28.2. The van der Waals surface area contributed by atoms with Crippen LogP contribution in [0.25, 0.3) is 16.2 Å². The number of thiazole rings is 1. The van der Waals surface area contributed by atoms with Crippen molar-refractivity contribution in [2.75, 3.05) is 0 Å². The second-order valence-electron chi connectivity index (χ2n) is 4.28. The van der Waals surface area contributed by atoms with E-state index < -0.39 is 17.2 Å². The number of hydrogen-bond donors (Lipinski definition) is 1. The molecule has 1 aromatic carbocycles. The van der Waals surface area contributed by atoms with Gasteiger partial charge < -0.3 is 5.11 Å². The van der Waals surface area contributed by atoms with E-state index >= 15 is 0 Å². The zero-order valence-corrected chi connectivity index (χ0v) is 11.3. The monoisotopic (exact) mass is 286 g/mol. The first-order chi connectivity index (χ1) is 9.59. The molecule has 0 aliphatic heterocycles. The predicted molar refractivity (Wildman–Crippen MR) is 76.4 cm³/mol. The molecule has 2 aromatic heterocycles. The van der Waals surface area contributed by atoms with Crippen LogP contribution >= 0.6 is 11.3 Å². The van der Waals surface area contributed by atoms with E-state index in [0.29, 0.717) is 10.7 Å². The van der Waals surface area contributed by atoms with E-state index in [1.165, 1.54) is 22.7 Å². The van der Waals surface area contributed by atoms with Gasteiger partial charge in [0.05, 0.1) is 5.69 Å². The van der Waals surface area contributed by atoms with E-state index in [1.54, 1.807) is 5.38 Å². The third kappa shape index (κ3) is 1.81. The zero-order chi connectivity index (χ0) is 14.3. The highest BCUT2D eigenvalue weighted by Crippen LogP contribution is 2.25.